The smallest absolute Gasteiger partial charge is 0.00729 e. The second-order valence-corrected chi connectivity index (χ2v) is 4.20. The minimum Gasteiger partial charge on any atom is -0.0987 e. The van der Waals surface area contributed by atoms with E-state index in [2.05, 4.69) is 56.9 Å². The summed E-state index contributed by atoms with van der Waals surface area (Å²) in [6.07, 6.45) is 16.3. The average molecular weight is 210 g/mol. The third-order valence-corrected chi connectivity index (χ3v) is 3.25. The van der Waals surface area contributed by atoms with Crippen molar-refractivity contribution in [1.82, 2.24) is 0 Å². The zero-order chi connectivity index (χ0) is 11.5. The Morgan fingerprint density at radius 1 is 1.31 bits per heavy atom. The van der Waals surface area contributed by atoms with E-state index in [-0.39, 0.29) is 0 Å². The molecule has 0 heteroatoms. The maximum absolute atomic E-state index is 3.94. The Hall–Kier alpha value is -1.56. The summed E-state index contributed by atoms with van der Waals surface area (Å²) < 4.78 is 0. The highest BCUT2D eigenvalue weighted by molar-refractivity contribution is 5.64. The Bertz CT molecular complexity index is 450. The highest BCUT2D eigenvalue weighted by Crippen LogP contribution is 2.40. The Morgan fingerprint density at radius 2 is 2.06 bits per heavy atom. The molecule has 0 aliphatic heterocycles. The van der Waals surface area contributed by atoms with Gasteiger partial charge < -0.3 is 0 Å². The van der Waals surface area contributed by atoms with Crippen LogP contribution in [0.25, 0.3) is 0 Å². The molecule has 0 amide bonds. The zero-order valence-corrected chi connectivity index (χ0v) is 10.0. The van der Waals surface area contributed by atoms with Crippen LogP contribution in [0.4, 0.5) is 0 Å². The molecular weight excluding hydrogens is 192 g/mol. The lowest BCUT2D eigenvalue weighted by atomic mass is 9.96. The van der Waals surface area contributed by atoms with Crippen molar-refractivity contribution in [2.24, 2.45) is 5.92 Å². The van der Waals surface area contributed by atoms with E-state index in [0.29, 0.717) is 5.92 Å². The molecule has 0 aromatic carbocycles. The maximum atomic E-state index is 3.94. The first-order valence-corrected chi connectivity index (χ1v) is 5.86. The summed E-state index contributed by atoms with van der Waals surface area (Å²) in [7, 11) is 0. The second-order valence-electron chi connectivity index (χ2n) is 4.20. The molecule has 2 aliphatic carbocycles. The molecule has 0 fully saturated rings. The van der Waals surface area contributed by atoms with Crippen LogP contribution in [0.3, 0.4) is 0 Å². The monoisotopic (exact) mass is 210 g/mol. The molecule has 1 atom stereocenters. The minimum absolute atomic E-state index is 0.470. The topological polar surface area (TPSA) is 0 Å². The van der Waals surface area contributed by atoms with Crippen LogP contribution in [0, 0.1) is 5.92 Å². The van der Waals surface area contributed by atoms with Gasteiger partial charge in [0, 0.05) is 5.92 Å². The first kappa shape index (κ1) is 10.9. The summed E-state index contributed by atoms with van der Waals surface area (Å²) in [5, 5.41) is 0. The Kier molecular flexibility index (Phi) is 3.09. The fourth-order valence-corrected chi connectivity index (χ4v) is 2.46. The van der Waals surface area contributed by atoms with E-state index in [0.717, 1.165) is 6.42 Å². The molecule has 16 heavy (non-hydrogen) atoms. The van der Waals surface area contributed by atoms with Crippen LogP contribution in [0.2, 0.25) is 0 Å². The zero-order valence-electron chi connectivity index (χ0n) is 10.0. The first-order chi connectivity index (χ1) is 7.79. The summed E-state index contributed by atoms with van der Waals surface area (Å²) in [6.45, 7) is 8.26. The lowest BCUT2D eigenvalue weighted by Gasteiger charge is -2.07. The molecule has 0 aromatic heterocycles. The van der Waals surface area contributed by atoms with E-state index in [1.165, 1.54) is 22.3 Å². The van der Waals surface area contributed by atoms with Crippen LogP contribution in [0.15, 0.2) is 71.4 Å². The minimum atomic E-state index is 0.470. The largest absolute Gasteiger partial charge is 0.0987 e. The lowest BCUT2D eigenvalue weighted by molar-refractivity contribution is 0.864. The van der Waals surface area contributed by atoms with Crippen LogP contribution < -0.4 is 0 Å². The van der Waals surface area contributed by atoms with Gasteiger partial charge in [-0.15, -0.1) is 0 Å². The van der Waals surface area contributed by atoms with Crippen LogP contribution >= 0.6 is 0 Å². The van der Waals surface area contributed by atoms with Gasteiger partial charge in [-0.05, 0) is 35.6 Å². The molecule has 0 nitrogen and oxygen atoms in total. The Balaban J connectivity index is 2.58. The van der Waals surface area contributed by atoms with Gasteiger partial charge in [0.15, 0.2) is 0 Å². The number of hydrogen-bond donors (Lipinski definition) is 0. The van der Waals surface area contributed by atoms with Gasteiger partial charge in [0.05, 0.1) is 0 Å². The summed E-state index contributed by atoms with van der Waals surface area (Å²) in [4.78, 5) is 0. The van der Waals surface area contributed by atoms with Crippen molar-refractivity contribution in [1.29, 1.82) is 0 Å². The van der Waals surface area contributed by atoms with Crippen LogP contribution in [-0.2, 0) is 0 Å². The van der Waals surface area contributed by atoms with Gasteiger partial charge in [-0.1, -0.05) is 56.0 Å². The predicted molar refractivity (Wildman–Crippen MR) is 71.1 cm³/mol. The first-order valence-electron chi connectivity index (χ1n) is 5.86. The second kappa shape index (κ2) is 4.52. The van der Waals surface area contributed by atoms with Gasteiger partial charge in [-0.25, -0.2) is 0 Å². The van der Waals surface area contributed by atoms with Crippen molar-refractivity contribution in [3.8, 4) is 0 Å². The van der Waals surface area contributed by atoms with E-state index >= 15 is 0 Å². The van der Waals surface area contributed by atoms with Crippen molar-refractivity contribution >= 4 is 0 Å². The number of hydrogen-bond acceptors (Lipinski definition) is 0. The van der Waals surface area contributed by atoms with Gasteiger partial charge in [0.1, 0.15) is 0 Å². The maximum Gasteiger partial charge on any atom is 0.00729 e. The van der Waals surface area contributed by atoms with E-state index in [4.69, 9.17) is 0 Å². The third kappa shape index (κ3) is 1.65. The van der Waals surface area contributed by atoms with Gasteiger partial charge >= 0.3 is 0 Å². The molecule has 0 saturated carbocycles. The van der Waals surface area contributed by atoms with Crippen molar-refractivity contribution < 1.29 is 0 Å². The van der Waals surface area contributed by atoms with Gasteiger partial charge in [-0.3, -0.25) is 0 Å². The molecule has 0 spiro atoms. The SMILES string of the molecule is C=CC1=C(/C=C\C)C2=C(C=CCC=C2)C1C. The number of rotatable bonds is 2. The van der Waals surface area contributed by atoms with Gasteiger partial charge in [0.2, 0.25) is 0 Å². The predicted octanol–water partition coefficient (Wildman–Crippen LogP) is 4.51. The average Bonchev–Trinajstić information content (AvgIpc) is 2.48. The standard InChI is InChI=1S/C16H18/c1-4-9-15-13(5-2)12(3)14-10-7-6-8-11-16(14)15/h4-5,7-12H,2,6H2,1,3H3/b9-4-. The normalized spacial score (nSPS) is 24.2. The highest BCUT2D eigenvalue weighted by atomic mass is 14.3. The summed E-state index contributed by atoms with van der Waals surface area (Å²) >= 11 is 0. The quantitative estimate of drug-likeness (QED) is 0.629. The summed E-state index contributed by atoms with van der Waals surface area (Å²) in [6, 6.07) is 0. The lowest BCUT2D eigenvalue weighted by Crippen LogP contribution is -1.95. The van der Waals surface area contributed by atoms with E-state index in [1.54, 1.807) is 0 Å². The molecule has 0 aromatic rings. The molecule has 0 N–H and O–H groups in total. The molecular formula is C16H18. The van der Waals surface area contributed by atoms with E-state index in [9.17, 15) is 0 Å². The van der Waals surface area contributed by atoms with Crippen LogP contribution in [-0.4, -0.2) is 0 Å². The molecule has 0 bridgehead atoms. The van der Waals surface area contributed by atoms with Gasteiger partial charge in [0.25, 0.3) is 0 Å². The van der Waals surface area contributed by atoms with Crippen molar-refractivity contribution in [2.75, 3.05) is 0 Å². The van der Waals surface area contributed by atoms with Crippen molar-refractivity contribution in [3.05, 3.63) is 71.4 Å². The molecule has 82 valence electrons. The van der Waals surface area contributed by atoms with Crippen LogP contribution in [0.5, 0.6) is 0 Å². The van der Waals surface area contributed by atoms with E-state index < -0.39 is 0 Å². The summed E-state index contributed by atoms with van der Waals surface area (Å²) in [5.74, 6) is 0.470. The van der Waals surface area contributed by atoms with E-state index in [1.807, 2.05) is 6.08 Å². The fourth-order valence-electron chi connectivity index (χ4n) is 2.46. The molecule has 2 aliphatic rings. The van der Waals surface area contributed by atoms with Gasteiger partial charge in [-0.2, -0.15) is 0 Å². The fraction of sp³-hybridized carbons (Fsp3) is 0.250. The molecule has 2 rings (SSSR count). The third-order valence-electron chi connectivity index (χ3n) is 3.25. The molecule has 0 saturated heterocycles. The molecule has 0 radical (unpaired) electrons. The molecule has 1 unspecified atom stereocenters. The number of allylic oxidation sites excluding steroid dienone is 11. The Morgan fingerprint density at radius 3 is 2.75 bits per heavy atom. The summed E-state index contributed by atoms with van der Waals surface area (Å²) in [5.41, 5.74) is 5.48. The van der Waals surface area contributed by atoms with Crippen LogP contribution in [0.1, 0.15) is 20.3 Å². The molecule has 0 heterocycles. The Labute approximate surface area is 98.1 Å². The highest BCUT2D eigenvalue weighted by Gasteiger charge is 2.25. The van der Waals surface area contributed by atoms with Crippen molar-refractivity contribution in [3.63, 3.8) is 0 Å². The van der Waals surface area contributed by atoms with Crippen molar-refractivity contribution in [2.45, 2.75) is 20.3 Å².